The normalized spacial score (nSPS) is 18.2. The highest BCUT2D eigenvalue weighted by Crippen LogP contribution is 2.43. The first-order chi connectivity index (χ1) is 14.0. The molecule has 4 rings (SSSR count). The average molecular weight is 425 g/mol. The molecule has 1 aliphatic rings. The molecule has 0 bridgehead atoms. The van der Waals surface area contributed by atoms with Crippen LogP contribution in [0.4, 0.5) is 11.4 Å². The minimum absolute atomic E-state index is 0.0204. The van der Waals surface area contributed by atoms with Gasteiger partial charge in [-0.3, -0.25) is 9.59 Å². The first-order valence-corrected chi connectivity index (χ1v) is 10.7. The van der Waals surface area contributed by atoms with E-state index in [1.165, 1.54) is 11.3 Å². The summed E-state index contributed by atoms with van der Waals surface area (Å²) >= 11 is 7.34. The van der Waals surface area contributed by atoms with Gasteiger partial charge in [-0.25, -0.2) is 0 Å². The van der Waals surface area contributed by atoms with Gasteiger partial charge in [0.2, 0.25) is 5.91 Å². The lowest BCUT2D eigenvalue weighted by molar-refractivity contribution is -0.117. The van der Waals surface area contributed by atoms with Crippen molar-refractivity contribution in [1.29, 1.82) is 0 Å². The molecule has 0 unspecified atom stereocenters. The number of rotatable bonds is 3. The highest BCUT2D eigenvalue weighted by atomic mass is 35.5. The molecule has 148 valence electrons. The van der Waals surface area contributed by atoms with Gasteiger partial charge in [0.15, 0.2) is 0 Å². The van der Waals surface area contributed by atoms with E-state index in [0.717, 1.165) is 16.9 Å². The fourth-order valence-electron chi connectivity index (χ4n) is 4.05. The molecule has 1 aromatic heterocycles. The Kier molecular flexibility index (Phi) is 5.43. The Morgan fingerprint density at radius 3 is 2.38 bits per heavy atom. The second-order valence-corrected chi connectivity index (χ2v) is 8.88. The number of thiophene rings is 1. The van der Waals surface area contributed by atoms with Crippen LogP contribution in [-0.2, 0) is 4.79 Å². The summed E-state index contributed by atoms with van der Waals surface area (Å²) in [4.78, 5) is 30.2. The number of anilines is 2. The third-order valence-corrected chi connectivity index (χ3v) is 6.47. The van der Waals surface area contributed by atoms with Gasteiger partial charge in [0, 0.05) is 24.3 Å². The van der Waals surface area contributed by atoms with Crippen molar-refractivity contribution in [1.82, 2.24) is 0 Å². The molecule has 0 fully saturated rings. The van der Waals surface area contributed by atoms with Crippen LogP contribution in [0.3, 0.4) is 0 Å². The summed E-state index contributed by atoms with van der Waals surface area (Å²) in [7, 11) is 0. The monoisotopic (exact) mass is 424 g/mol. The van der Waals surface area contributed by atoms with Crippen LogP contribution >= 0.6 is 22.9 Å². The Hall–Kier alpha value is -2.63. The number of hydrogen-bond acceptors (Lipinski definition) is 3. The van der Waals surface area contributed by atoms with Gasteiger partial charge in [0.1, 0.15) is 0 Å². The third kappa shape index (κ3) is 3.68. The molecule has 0 aliphatic carbocycles. The van der Waals surface area contributed by atoms with Crippen LogP contribution in [0.2, 0.25) is 4.34 Å². The van der Waals surface area contributed by atoms with Crippen molar-refractivity contribution in [3.05, 3.63) is 81.5 Å². The molecule has 1 aliphatic heterocycles. The predicted octanol–water partition coefficient (Wildman–Crippen LogP) is 5.93. The summed E-state index contributed by atoms with van der Waals surface area (Å²) in [5.74, 6) is -0.0811. The molecule has 0 spiro atoms. The van der Waals surface area contributed by atoms with Gasteiger partial charge >= 0.3 is 0 Å². The van der Waals surface area contributed by atoms with Crippen molar-refractivity contribution in [3.63, 3.8) is 0 Å². The summed E-state index contributed by atoms with van der Waals surface area (Å²) in [6.07, 6.45) is 0.649. The van der Waals surface area contributed by atoms with Crippen molar-refractivity contribution < 1.29 is 9.59 Å². The molecule has 6 heteroatoms. The topological polar surface area (TPSA) is 40.6 Å². The minimum Gasteiger partial charge on any atom is -0.305 e. The first-order valence-electron chi connectivity index (χ1n) is 9.50. The number of hydrogen-bond donors (Lipinski definition) is 0. The van der Waals surface area contributed by atoms with Crippen LogP contribution in [0.25, 0.3) is 0 Å². The Balaban J connectivity index is 1.78. The zero-order valence-corrected chi connectivity index (χ0v) is 17.8. The van der Waals surface area contributed by atoms with Gasteiger partial charge in [-0.1, -0.05) is 48.0 Å². The van der Waals surface area contributed by atoms with E-state index >= 15 is 0 Å². The molecule has 0 saturated heterocycles. The number of para-hydroxylation sites is 2. The predicted molar refractivity (Wildman–Crippen MR) is 119 cm³/mol. The first kappa shape index (κ1) is 19.7. The van der Waals surface area contributed by atoms with Crippen LogP contribution in [0, 0.1) is 0 Å². The number of carbonyl (C=O) groups is 2. The van der Waals surface area contributed by atoms with E-state index in [1.54, 1.807) is 19.1 Å². The standard InChI is InChI=1S/C23H21ClN2O2S/c1-15-14-20(26(16(2)27)17-8-4-3-5-9-17)18-10-6-7-11-19(18)25(15)23(28)21-12-13-22(24)29-21/h3-13,15,20H,14H2,1-2H3/t15-,20+/m0/s1. The van der Waals surface area contributed by atoms with Gasteiger partial charge < -0.3 is 9.80 Å². The van der Waals surface area contributed by atoms with Crippen molar-refractivity contribution in [3.8, 4) is 0 Å². The summed E-state index contributed by atoms with van der Waals surface area (Å²) in [5, 5.41) is 0. The molecule has 29 heavy (non-hydrogen) atoms. The van der Waals surface area contributed by atoms with E-state index in [2.05, 4.69) is 0 Å². The fraction of sp³-hybridized carbons (Fsp3) is 0.217. The molecule has 0 radical (unpaired) electrons. The number of benzene rings is 2. The van der Waals surface area contributed by atoms with E-state index in [9.17, 15) is 9.59 Å². The average Bonchev–Trinajstić information content (AvgIpc) is 3.15. The summed E-state index contributed by atoms with van der Waals surface area (Å²) in [6, 6.07) is 20.8. The zero-order chi connectivity index (χ0) is 20.5. The maximum atomic E-state index is 13.3. The molecule has 3 aromatic rings. The number of fused-ring (bicyclic) bond motifs is 1. The smallest absolute Gasteiger partial charge is 0.268 e. The molecular formula is C23H21ClN2O2S. The third-order valence-electron chi connectivity index (χ3n) is 5.25. The van der Waals surface area contributed by atoms with E-state index in [4.69, 9.17) is 11.6 Å². The minimum atomic E-state index is -0.142. The van der Waals surface area contributed by atoms with E-state index in [0.29, 0.717) is 15.6 Å². The maximum Gasteiger partial charge on any atom is 0.268 e. The number of nitrogens with zero attached hydrogens (tertiary/aromatic N) is 2. The van der Waals surface area contributed by atoms with Crippen molar-refractivity contribution >= 4 is 46.1 Å². The zero-order valence-electron chi connectivity index (χ0n) is 16.2. The van der Waals surface area contributed by atoms with Crippen LogP contribution in [0.1, 0.15) is 41.5 Å². The van der Waals surface area contributed by atoms with Crippen molar-refractivity contribution in [2.45, 2.75) is 32.4 Å². The van der Waals surface area contributed by atoms with Crippen LogP contribution in [0.5, 0.6) is 0 Å². The number of carbonyl (C=O) groups excluding carboxylic acids is 2. The Bertz CT molecular complexity index is 1050. The van der Waals surface area contributed by atoms with Crippen molar-refractivity contribution in [2.75, 3.05) is 9.80 Å². The Labute approximate surface area is 179 Å². The summed E-state index contributed by atoms with van der Waals surface area (Å²) in [5.41, 5.74) is 2.67. The number of amides is 2. The molecule has 2 amide bonds. The lowest BCUT2D eigenvalue weighted by Gasteiger charge is -2.43. The van der Waals surface area contributed by atoms with Gasteiger partial charge in [-0.15, -0.1) is 11.3 Å². The highest BCUT2D eigenvalue weighted by Gasteiger charge is 2.38. The molecule has 4 nitrogen and oxygen atoms in total. The van der Waals surface area contributed by atoms with Gasteiger partial charge in [0.05, 0.1) is 15.3 Å². The molecule has 2 aromatic carbocycles. The largest absolute Gasteiger partial charge is 0.305 e. The van der Waals surface area contributed by atoms with Crippen LogP contribution in [-0.4, -0.2) is 17.9 Å². The molecule has 0 saturated carbocycles. The van der Waals surface area contributed by atoms with E-state index in [-0.39, 0.29) is 23.9 Å². The molecular weight excluding hydrogens is 404 g/mol. The molecule has 2 atom stereocenters. The molecule has 2 heterocycles. The van der Waals surface area contributed by atoms with E-state index < -0.39 is 0 Å². The Morgan fingerprint density at radius 2 is 1.72 bits per heavy atom. The fourth-order valence-corrected chi connectivity index (χ4v) is 5.03. The van der Waals surface area contributed by atoms with Crippen LogP contribution < -0.4 is 9.80 Å². The molecule has 0 N–H and O–H groups in total. The van der Waals surface area contributed by atoms with Gasteiger partial charge in [0.25, 0.3) is 5.91 Å². The van der Waals surface area contributed by atoms with E-state index in [1.807, 2.05) is 71.3 Å². The lowest BCUT2D eigenvalue weighted by atomic mass is 9.89. The summed E-state index contributed by atoms with van der Waals surface area (Å²) < 4.78 is 0.594. The van der Waals surface area contributed by atoms with Gasteiger partial charge in [-0.05, 0) is 49.2 Å². The quantitative estimate of drug-likeness (QED) is 0.522. The number of halogens is 1. The van der Waals surface area contributed by atoms with Crippen LogP contribution in [0.15, 0.2) is 66.7 Å². The SMILES string of the molecule is CC(=O)N(c1ccccc1)[C@@H]1C[C@H](C)N(C(=O)c2ccc(Cl)s2)c2ccccc21. The summed E-state index contributed by atoms with van der Waals surface area (Å²) in [6.45, 7) is 3.62. The van der Waals surface area contributed by atoms with Gasteiger partial charge in [-0.2, -0.15) is 0 Å². The highest BCUT2D eigenvalue weighted by molar-refractivity contribution is 7.18. The second-order valence-electron chi connectivity index (χ2n) is 7.16. The Morgan fingerprint density at radius 1 is 1.03 bits per heavy atom. The maximum absolute atomic E-state index is 13.3. The van der Waals surface area contributed by atoms with Crippen molar-refractivity contribution in [2.24, 2.45) is 0 Å². The lowest BCUT2D eigenvalue weighted by Crippen LogP contribution is -2.47. The second kappa shape index (κ2) is 8.01.